The van der Waals surface area contributed by atoms with Crippen LogP contribution in [0.3, 0.4) is 0 Å². The summed E-state index contributed by atoms with van der Waals surface area (Å²) in [4.78, 5) is 16.4. The van der Waals surface area contributed by atoms with E-state index in [1.807, 2.05) is 24.3 Å². The highest BCUT2D eigenvalue weighted by molar-refractivity contribution is 6.34. The lowest BCUT2D eigenvalue weighted by molar-refractivity contribution is -0.117. The highest BCUT2D eigenvalue weighted by Crippen LogP contribution is 2.22. The number of halogens is 1. The Morgan fingerprint density at radius 3 is 2.62 bits per heavy atom. The zero-order chi connectivity index (χ0) is 15.4. The minimum Gasteiger partial charge on any atom is -0.354 e. The second-order valence-corrected chi connectivity index (χ2v) is 4.98. The zero-order valence-corrected chi connectivity index (χ0v) is 12.8. The van der Waals surface area contributed by atoms with Gasteiger partial charge in [0.05, 0.1) is 6.04 Å². The maximum Gasteiger partial charge on any atom is 0.270 e. The van der Waals surface area contributed by atoms with E-state index in [4.69, 9.17) is 21.1 Å². The van der Waals surface area contributed by atoms with E-state index >= 15 is 0 Å². The highest BCUT2D eigenvalue weighted by atomic mass is 35.5. The monoisotopic (exact) mass is 308 g/mol. The Morgan fingerprint density at radius 1 is 1.29 bits per heavy atom. The fraction of sp³-hybridized carbons (Fsp3) is 0.333. The summed E-state index contributed by atoms with van der Waals surface area (Å²) in [5.41, 5.74) is 0.261. The number of nitrogens with one attached hydrogen (secondary N) is 1. The molecule has 0 radical (unpaired) electrons. The molecule has 0 aliphatic carbocycles. The zero-order valence-electron chi connectivity index (χ0n) is 12.1. The minimum atomic E-state index is -0.523. The van der Waals surface area contributed by atoms with Crippen LogP contribution in [0.1, 0.15) is 17.4 Å². The van der Waals surface area contributed by atoms with Crippen molar-refractivity contribution in [1.29, 1.82) is 0 Å². The Bertz CT molecular complexity index is 644. The van der Waals surface area contributed by atoms with Gasteiger partial charge < -0.3 is 14.8 Å². The fourth-order valence-corrected chi connectivity index (χ4v) is 2.39. The molecule has 0 aliphatic rings. The summed E-state index contributed by atoms with van der Waals surface area (Å²) < 4.78 is 10.2. The summed E-state index contributed by atoms with van der Waals surface area (Å²) in [6, 6.07) is 8.89. The maximum atomic E-state index is 12.2. The number of fused-ring (bicyclic) bond motifs is 1. The number of carbonyl (C=O) groups is 1. The molecule has 0 saturated carbocycles. The quantitative estimate of drug-likeness (QED) is 0.681. The Balaban J connectivity index is 2.23. The number of hydrogen-bond acceptors (Lipinski definition) is 4. The summed E-state index contributed by atoms with van der Waals surface area (Å²) in [6.07, 6.45) is -0.523. The van der Waals surface area contributed by atoms with Crippen molar-refractivity contribution in [2.24, 2.45) is 0 Å². The van der Waals surface area contributed by atoms with Crippen LogP contribution in [-0.4, -0.2) is 37.4 Å². The van der Waals surface area contributed by atoms with Crippen molar-refractivity contribution in [3.8, 4) is 0 Å². The standard InChI is InChI=1S/C15H17ClN2O3/c1-9(15(20-2)21-3)17-14(19)12-8-10-6-4-5-7-11(10)13(16)18-12/h4-9,15H,1-3H3,(H,17,19). The molecule has 5 nitrogen and oxygen atoms in total. The second-order valence-electron chi connectivity index (χ2n) is 4.62. The number of rotatable bonds is 5. The Labute approximate surface area is 128 Å². The van der Waals surface area contributed by atoms with E-state index in [9.17, 15) is 4.79 Å². The maximum absolute atomic E-state index is 12.2. The van der Waals surface area contributed by atoms with Crippen LogP contribution >= 0.6 is 11.6 Å². The molecule has 1 atom stereocenters. The molecule has 1 heterocycles. The van der Waals surface area contributed by atoms with Crippen LogP contribution < -0.4 is 5.32 Å². The van der Waals surface area contributed by atoms with Crippen molar-refractivity contribution in [3.05, 3.63) is 41.2 Å². The van der Waals surface area contributed by atoms with Gasteiger partial charge in [-0.2, -0.15) is 0 Å². The molecule has 2 aromatic rings. The van der Waals surface area contributed by atoms with Gasteiger partial charge in [-0.25, -0.2) is 4.98 Å². The van der Waals surface area contributed by atoms with Gasteiger partial charge in [-0.05, 0) is 18.4 Å². The van der Waals surface area contributed by atoms with Crippen molar-refractivity contribution in [2.75, 3.05) is 14.2 Å². The molecule has 2 rings (SSSR count). The third-order valence-electron chi connectivity index (χ3n) is 3.16. The summed E-state index contributed by atoms with van der Waals surface area (Å²) in [6.45, 7) is 1.79. The molecule has 1 aromatic heterocycles. The minimum absolute atomic E-state index is 0.261. The summed E-state index contributed by atoms with van der Waals surface area (Å²) in [5.74, 6) is -0.325. The second kappa shape index (κ2) is 6.85. The van der Waals surface area contributed by atoms with E-state index in [-0.39, 0.29) is 17.6 Å². The van der Waals surface area contributed by atoms with E-state index < -0.39 is 6.29 Å². The van der Waals surface area contributed by atoms with E-state index in [2.05, 4.69) is 10.3 Å². The van der Waals surface area contributed by atoms with Gasteiger partial charge in [-0.15, -0.1) is 0 Å². The van der Waals surface area contributed by atoms with Gasteiger partial charge in [0.2, 0.25) is 0 Å². The molecule has 0 aliphatic heterocycles. The third kappa shape index (κ3) is 3.50. The van der Waals surface area contributed by atoms with E-state index in [1.54, 1.807) is 13.0 Å². The van der Waals surface area contributed by atoms with Crippen molar-refractivity contribution in [3.63, 3.8) is 0 Å². The molecule has 1 amide bonds. The smallest absolute Gasteiger partial charge is 0.270 e. The Morgan fingerprint density at radius 2 is 1.95 bits per heavy atom. The van der Waals surface area contributed by atoms with Gasteiger partial charge >= 0.3 is 0 Å². The van der Waals surface area contributed by atoms with Gasteiger partial charge in [-0.1, -0.05) is 35.9 Å². The first-order valence-electron chi connectivity index (χ1n) is 6.48. The largest absolute Gasteiger partial charge is 0.354 e. The SMILES string of the molecule is COC(OC)C(C)NC(=O)c1cc2ccccc2c(Cl)n1. The van der Waals surface area contributed by atoms with Crippen LogP contribution in [0.2, 0.25) is 5.15 Å². The van der Waals surface area contributed by atoms with Crippen LogP contribution in [0.5, 0.6) is 0 Å². The predicted molar refractivity (Wildman–Crippen MR) is 81.5 cm³/mol. The van der Waals surface area contributed by atoms with Gasteiger partial charge in [0.1, 0.15) is 10.8 Å². The molecule has 1 N–H and O–H groups in total. The highest BCUT2D eigenvalue weighted by Gasteiger charge is 2.20. The molecule has 112 valence electrons. The normalized spacial score (nSPS) is 12.6. The molecule has 0 fully saturated rings. The average molecular weight is 309 g/mol. The molecular formula is C15H17ClN2O3. The van der Waals surface area contributed by atoms with Crippen LogP contribution in [0.25, 0.3) is 10.8 Å². The molecule has 0 saturated heterocycles. The van der Waals surface area contributed by atoms with E-state index in [1.165, 1.54) is 14.2 Å². The fourth-order valence-electron chi connectivity index (χ4n) is 2.13. The lowest BCUT2D eigenvalue weighted by Crippen LogP contribution is -2.43. The number of hydrogen-bond donors (Lipinski definition) is 1. The van der Waals surface area contributed by atoms with E-state index in [0.717, 1.165) is 10.8 Å². The summed E-state index contributed by atoms with van der Waals surface area (Å²) >= 11 is 6.12. The number of methoxy groups -OCH3 is 2. The number of benzene rings is 1. The number of amides is 1. The average Bonchev–Trinajstić information content (AvgIpc) is 2.48. The van der Waals surface area contributed by atoms with Crippen LogP contribution in [-0.2, 0) is 9.47 Å². The van der Waals surface area contributed by atoms with Gasteiger partial charge in [0, 0.05) is 19.6 Å². The lowest BCUT2D eigenvalue weighted by atomic mass is 10.1. The van der Waals surface area contributed by atoms with Gasteiger partial charge in [0.15, 0.2) is 6.29 Å². The van der Waals surface area contributed by atoms with Gasteiger partial charge in [0.25, 0.3) is 5.91 Å². The van der Waals surface area contributed by atoms with Crippen molar-refractivity contribution < 1.29 is 14.3 Å². The molecule has 1 aromatic carbocycles. The van der Waals surface area contributed by atoms with E-state index in [0.29, 0.717) is 5.15 Å². The van der Waals surface area contributed by atoms with Crippen LogP contribution in [0.15, 0.2) is 30.3 Å². The number of nitrogens with zero attached hydrogens (tertiary/aromatic N) is 1. The molecule has 0 spiro atoms. The summed E-state index contributed by atoms with van der Waals surface area (Å²) in [5, 5.41) is 4.77. The first-order chi connectivity index (χ1) is 10.1. The topological polar surface area (TPSA) is 60.5 Å². The van der Waals surface area contributed by atoms with Crippen molar-refractivity contribution >= 4 is 28.3 Å². The van der Waals surface area contributed by atoms with Crippen molar-refractivity contribution in [1.82, 2.24) is 10.3 Å². The van der Waals surface area contributed by atoms with Crippen LogP contribution in [0.4, 0.5) is 0 Å². The number of carbonyl (C=O) groups excluding carboxylic acids is 1. The first kappa shape index (κ1) is 15.7. The van der Waals surface area contributed by atoms with Crippen molar-refractivity contribution in [2.45, 2.75) is 19.3 Å². The molecule has 21 heavy (non-hydrogen) atoms. The number of aromatic nitrogens is 1. The van der Waals surface area contributed by atoms with Gasteiger partial charge in [-0.3, -0.25) is 4.79 Å². The Kier molecular flexibility index (Phi) is 5.12. The van der Waals surface area contributed by atoms with Crippen LogP contribution in [0, 0.1) is 0 Å². The summed E-state index contributed by atoms with van der Waals surface area (Å²) in [7, 11) is 3.03. The number of ether oxygens (including phenoxy) is 2. The molecule has 6 heteroatoms. The molecular weight excluding hydrogens is 292 g/mol. The third-order valence-corrected chi connectivity index (χ3v) is 3.45. The Hall–Kier alpha value is -1.69. The number of pyridine rings is 1. The lowest BCUT2D eigenvalue weighted by Gasteiger charge is -2.22. The predicted octanol–water partition coefficient (Wildman–Crippen LogP) is 2.63. The molecule has 1 unspecified atom stereocenters. The molecule has 0 bridgehead atoms. The first-order valence-corrected chi connectivity index (χ1v) is 6.86.